The van der Waals surface area contributed by atoms with Crippen molar-refractivity contribution in [3.05, 3.63) is 34.5 Å². The molecule has 1 fully saturated rings. The Bertz CT molecular complexity index is 931. The number of hydrogen-bond acceptors (Lipinski definition) is 3. The van der Waals surface area contributed by atoms with E-state index in [4.69, 9.17) is 0 Å². The van der Waals surface area contributed by atoms with E-state index >= 15 is 0 Å². The van der Waals surface area contributed by atoms with Crippen molar-refractivity contribution in [2.24, 2.45) is 0 Å². The molecule has 7 heteroatoms. The number of fused-ring (bicyclic) bond motifs is 1. The van der Waals surface area contributed by atoms with E-state index in [0.29, 0.717) is 6.54 Å². The van der Waals surface area contributed by atoms with Crippen molar-refractivity contribution in [3.8, 4) is 0 Å². The minimum Gasteiger partial charge on any atom is -0.358 e. The molecule has 0 radical (unpaired) electrons. The van der Waals surface area contributed by atoms with E-state index in [-0.39, 0.29) is 24.3 Å². The predicted octanol–water partition coefficient (Wildman–Crippen LogP) is 2.25. The molecule has 1 aliphatic rings. The lowest BCUT2D eigenvalue weighted by Crippen LogP contribution is -2.37. The second-order valence-electron chi connectivity index (χ2n) is 7.22. The maximum Gasteiger partial charge on any atom is 0.326 e. The highest BCUT2D eigenvalue weighted by molar-refractivity contribution is 6.05. The third-order valence-corrected chi connectivity index (χ3v) is 5.38. The van der Waals surface area contributed by atoms with Gasteiger partial charge in [0, 0.05) is 31.7 Å². The molecule has 1 aromatic carbocycles. The number of benzene rings is 1. The van der Waals surface area contributed by atoms with Gasteiger partial charge in [0.25, 0.3) is 5.91 Å². The predicted molar refractivity (Wildman–Crippen MR) is 103 cm³/mol. The van der Waals surface area contributed by atoms with Gasteiger partial charge >= 0.3 is 6.03 Å². The Labute approximate surface area is 158 Å². The topological polar surface area (TPSA) is 85.5 Å². The fraction of sp³-hybridized carbons (Fsp3) is 0.450. The number of nitrogens with zero attached hydrogens (tertiary/aromatic N) is 2. The number of nitrogens with one attached hydrogen (secondary N) is 2. The number of H-pyrrole nitrogens is 1. The molecule has 0 saturated carbocycles. The summed E-state index contributed by atoms with van der Waals surface area (Å²) < 4.78 is 0. The minimum atomic E-state index is -0.737. The summed E-state index contributed by atoms with van der Waals surface area (Å²) in [5.74, 6) is -0.597. The number of carbonyl (C=O) groups is 3. The summed E-state index contributed by atoms with van der Waals surface area (Å²) in [6.07, 6.45) is 0.882. The smallest absolute Gasteiger partial charge is 0.326 e. The van der Waals surface area contributed by atoms with Crippen molar-refractivity contribution in [3.63, 3.8) is 0 Å². The van der Waals surface area contributed by atoms with Crippen LogP contribution in [0.3, 0.4) is 0 Å². The first kappa shape index (κ1) is 18.9. The first-order valence-electron chi connectivity index (χ1n) is 9.16. The molecule has 0 bridgehead atoms. The fourth-order valence-corrected chi connectivity index (χ4v) is 3.72. The largest absolute Gasteiger partial charge is 0.358 e. The van der Waals surface area contributed by atoms with Crippen molar-refractivity contribution in [2.45, 2.75) is 46.2 Å². The van der Waals surface area contributed by atoms with E-state index in [1.165, 1.54) is 28.6 Å². The number of carbonyl (C=O) groups excluding carboxylic acids is 3. The van der Waals surface area contributed by atoms with Crippen molar-refractivity contribution in [1.82, 2.24) is 20.1 Å². The molecule has 1 atom stereocenters. The molecule has 4 amide bonds. The highest BCUT2D eigenvalue weighted by Gasteiger charge is 2.41. The number of aromatic amines is 1. The van der Waals surface area contributed by atoms with Crippen molar-refractivity contribution >= 4 is 28.7 Å². The quantitative estimate of drug-likeness (QED) is 0.792. The average Bonchev–Trinajstić information content (AvgIpc) is 3.05. The maximum atomic E-state index is 12.4. The lowest BCUT2D eigenvalue weighted by atomic mass is 10.0. The molecule has 27 heavy (non-hydrogen) atoms. The van der Waals surface area contributed by atoms with Crippen LogP contribution in [0, 0.1) is 13.8 Å². The van der Waals surface area contributed by atoms with Crippen LogP contribution < -0.4 is 5.32 Å². The number of aromatic nitrogens is 1. The number of rotatable bonds is 5. The molecular formula is C20H26N4O3. The van der Waals surface area contributed by atoms with Crippen LogP contribution in [0.5, 0.6) is 0 Å². The van der Waals surface area contributed by atoms with Gasteiger partial charge in [-0.25, -0.2) is 4.79 Å². The van der Waals surface area contributed by atoms with E-state index in [9.17, 15) is 14.4 Å². The summed E-state index contributed by atoms with van der Waals surface area (Å²) in [5.41, 5.74) is 5.63. The van der Waals surface area contributed by atoms with Crippen LogP contribution >= 0.6 is 0 Å². The normalized spacial score (nSPS) is 17.3. The molecule has 144 valence electrons. The van der Waals surface area contributed by atoms with Crippen LogP contribution in [0.2, 0.25) is 0 Å². The number of imide groups is 1. The Morgan fingerprint density at radius 2 is 1.93 bits per heavy atom. The SMILES string of the molecule is CCc1[nH]c2c(CNC(=O)CC3C(=O)N(C)C(=O)N3C)cc(C)cc2c1C. The van der Waals surface area contributed by atoms with Crippen LogP contribution in [-0.2, 0) is 22.6 Å². The summed E-state index contributed by atoms with van der Waals surface area (Å²) in [6.45, 7) is 6.62. The molecule has 1 unspecified atom stereocenters. The van der Waals surface area contributed by atoms with Gasteiger partial charge in [0.1, 0.15) is 6.04 Å². The Hall–Kier alpha value is -2.83. The number of amides is 4. The van der Waals surface area contributed by atoms with Gasteiger partial charge in [0.05, 0.1) is 11.9 Å². The van der Waals surface area contributed by atoms with Crippen LogP contribution in [0.1, 0.15) is 35.7 Å². The summed E-state index contributed by atoms with van der Waals surface area (Å²) in [4.78, 5) is 42.2. The zero-order valence-electron chi connectivity index (χ0n) is 16.5. The number of likely N-dealkylation sites (N-methyl/N-ethyl adjacent to an activating group) is 2. The Morgan fingerprint density at radius 1 is 1.22 bits per heavy atom. The molecular weight excluding hydrogens is 344 g/mol. The third kappa shape index (κ3) is 3.29. The van der Waals surface area contributed by atoms with Crippen molar-refractivity contribution in [1.29, 1.82) is 0 Å². The van der Waals surface area contributed by atoms with Gasteiger partial charge in [0.2, 0.25) is 5.91 Å². The van der Waals surface area contributed by atoms with E-state index < -0.39 is 6.04 Å². The standard InChI is InChI=1S/C20H26N4O3/c1-6-15-12(3)14-8-11(2)7-13(18(14)22-15)10-21-17(25)9-16-19(26)24(5)20(27)23(16)4/h7-8,16,22H,6,9-10H2,1-5H3,(H,21,25). The van der Waals surface area contributed by atoms with E-state index in [1.807, 2.05) is 6.92 Å². The molecule has 1 saturated heterocycles. The average molecular weight is 370 g/mol. The third-order valence-electron chi connectivity index (χ3n) is 5.38. The molecule has 3 rings (SSSR count). The van der Waals surface area contributed by atoms with Crippen LogP contribution in [0.15, 0.2) is 12.1 Å². The Morgan fingerprint density at radius 3 is 2.52 bits per heavy atom. The van der Waals surface area contributed by atoms with Gasteiger partial charge in [-0.05, 0) is 37.5 Å². The molecule has 1 aromatic heterocycles. The highest BCUT2D eigenvalue weighted by Crippen LogP contribution is 2.27. The minimum absolute atomic E-state index is 0.0374. The molecule has 2 aromatic rings. The number of urea groups is 1. The summed E-state index contributed by atoms with van der Waals surface area (Å²) in [6, 6.07) is 3.09. The van der Waals surface area contributed by atoms with Gasteiger partial charge in [-0.15, -0.1) is 0 Å². The monoisotopic (exact) mass is 370 g/mol. The van der Waals surface area contributed by atoms with E-state index in [0.717, 1.165) is 28.0 Å². The van der Waals surface area contributed by atoms with E-state index in [1.54, 1.807) is 7.05 Å². The Balaban J connectivity index is 1.74. The summed E-state index contributed by atoms with van der Waals surface area (Å²) in [7, 11) is 2.97. The van der Waals surface area contributed by atoms with Gasteiger partial charge < -0.3 is 15.2 Å². The van der Waals surface area contributed by atoms with Crippen molar-refractivity contribution < 1.29 is 14.4 Å². The zero-order valence-corrected chi connectivity index (χ0v) is 16.5. The number of hydrogen-bond donors (Lipinski definition) is 2. The first-order chi connectivity index (χ1) is 12.7. The second-order valence-corrected chi connectivity index (χ2v) is 7.22. The lowest BCUT2D eigenvalue weighted by Gasteiger charge is -2.16. The Kier molecular flexibility index (Phi) is 4.95. The van der Waals surface area contributed by atoms with Crippen LogP contribution in [0.25, 0.3) is 10.9 Å². The number of aryl methyl sites for hydroxylation is 3. The maximum absolute atomic E-state index is 12.4. The van der Waals surface area contributed by atoms with Gasteiger partial charge in [-0.3, -0.25) is 14.5 Å². The second kappa shape index (κ2) is 7.06. The summed E-state index contributed by atoms with van der Waals surface area (Å²) >= 11 is 0. The van der Waals surface area contributed by atoms with Gasteiger partial charge in [-0.1, -0.05) is 18.6 Å². The lowest BCUT2D eigenvalue weighted by molar-refractivity contribution is -0.131. The molecule has 1 aliphatic heterocycles. The van der Waals surface area contributed by atoms with E-state index in [2.05, 4.69) is 36.3 Å². The zero-order chi connectivity index (χ0) is 19.9. The fourth-order valence-electron chi connectivity index (χ4n) is 3.72. The molecule has 2 N–H and O–H groups in total. The molecule has 0 spiro atoms. The van der Waals surface area contributed by atoms with Gasteiger partial charge in [0.15, 0.2) is 0 Å². The van der Waals surface area contributed by atoms with Crippen molar-refractivity contribution in [2.75, 3.05) is 14.1 Å². The highest BCUT2D eigenvalue weighted by atomic mass is 16.2. The molecule has 0 aliphatic carbocycles. The van der Waals surface area contributed by atoms with Gasteiger partial charge in [-0.2, -0.15) is 0 Å². The molecule has 2 heterocycles. The van der Waals surface area contributed by atoms with Crippen LogP contribution in [0.4, 0.5) is 4.79 Å². The first-order valence-corrected chi connectivity index (χ1v) is 9.16. The van der Waals surface area contributed by atoms with Crippen LogP contribution in [-0.4, -0.2) is 52.8 Å². The molecule has 7 nitrogen and oxygen atoms in total. The summed E-state index contributed by atoms with van der Waals surface area (Å²) in [5, 5.41) is 4.07.